The molecule has 0 radical (unpaired) electrons. The van der Waals surface area contributed by atoms with Crippen molar-refractivity contribution in [2.24, 2.45) is 15.9 Å². The molecule has 1 aromatic carbocycles. The zero-order chi connectivity index (χ0) is 14.2. The predicted molar refractivity (Wildman–Crippen MR) is 80.2 cm³/mol. The van der Waals surface area contributed by atoms with Crippen molar-refractivity contribution in [1.82, 2.24) is 4.98 Å². The largest absolute Gasteiger partial charge is 0.493 e. The molecule has 0 aliphatic carbocycles. The van der Waals surface area contributed by atoms with Gasteiger partial charge in [0.2, 0.25) is 0 Å². The van der Waals surface area contributed by atoms with Crippen LogP contribution in [0.5, 0.6) is 5.75 Å². The zero-order valence-corrected chi connectivity index (χ0v) is 11.2. The average molecular weight is 268 g/mol. The Bertz CT molecular complexity index is 608. The molecule has 0 unspecified atom stereocenters. The summed E-state index contributed by atoms with van der Waals surface area (Å²) in [6.45, 7) is 2.54. The van der Waals surface area contributed by atoms with E-state index >= 15 is 0 Å². The number of aromatic nitrogens is 1. The summed E-state index contributed by atoms with van der Waals surface area (Å²) < 4.78 is 5.50. The average Bonchev–Trinajstić information content (AvgIpc) is 2.50. The molecule has 0 spiro atoms. The van der Waals surface area contributed by atoms with Crippen molar-refractivity contribution < 1.29 is 4.74 Å². The molecule has 5 nitrogen and oxygen atoms in total. The first-order valence-corrected chi connectivity index (χ1v) is 6.31. The van der Waals surface area contributed by atoms with Gasteiger partial charge in [0.05, 0.1) is 12.8 Å². The van der Waals surface area contributed by atoms with E-state index in [1.54, 1.807) is 18.5 Å². The molecule has 102 valence electrons. The minimum absolute atomic E-state index is 0.274. The summed E-state index contributed by atoms with van der Waals surface area (Å²) in [5.41, 5.74) is 7.25. The van der Waals surface area contributed by atoms with Crippen molar-refractivity contribution in [3.63, 3.8) is 0 Å². The number of pyridine rings is 1. The highest BCUT2D eigenvalue weighted by Gasteiger charge is 1.99. The Morgan fingerprint density at radius 1 is 1.25 bits per heavy atom. The molecule has 0 saturated carbocycles. The lowest BCUT2D eigenvalue weighted by Gasteiger charge is -2.05. The summed E-state index contributed by atoms with van der Waals surface area (Å²) >= 11 is 0. The first kappa shape index (κ1) is 13.7. The molecular formula is C15H16N4O. The van der Waals surface area contributed by atoms with Crippen LogP contribution < -0.4 is 10.5 Å². The van der Waals surface area contributed by atoms with E-state index in [2.05, 4.69) is 15.2 Å². The normalized spacial score (nSPS) is 11.8. The molecule has 20 heavy (non-hydrogen) atoms. The van der Waals surface area contributed by atoms with Crippen LogP contribution in [0.4, 0.5) is 0 Å². The fourth-order valence-corrected chi connectivity index (χ4v) is 1.59. The molecule has 0 aliphatic heterocycles. The third-order valence-electron chi connectivity index (χ3n) is 2.51. The van der Waals surface area contributed by atoms with Gasteiger partial charge in [0.25, 0.3) is 0 Å². The Morgan fingerprint density at radius 3 is 2.80 bits per heavy atom. The van der Waals surface area contributed by atoms with E-state index in [9.17, 15) is 0 Å². The van der Waals surface area contributed by atoms with Crippen LogP contribution in [0.3, 0.4) is 0 Å². The van der Waals surface area contributed by atoms with E-state index in [0.29, 0.717) is 12.3 Å². The maximum atomic E-state index is 5.80. The Kier molecular flexibility index (Phi) is 4.83. The lowest BCUT2D eigenvalue weighted by Crippen LogP contribution is -2.14. The van der Waals surface area contributed by atoms with Crippen molar-refractivity contribution in [2.75, 3.05) is 6.61 Å². The van der Waals surface area contributed by atoms with Crippen LogP contribution in [-0.2, 0) is 0 Å². The third-order valence-corrected chi connectivity index (χ3v) is 2.51. The Labute approximate surface area is 117 Å². The van der Waals surface area contributed by atoms with Crippen molar-refractivity contribution in [2.45, 2.75) is 6.92 Å². The van der Waals surface area contributed by atoms with Gasteiger partial charge in [-0.15, -0.1) is 5.10 Å². The monoisotopic (exact) mass is 268 g/mol. The topological polar surface area (TPSA) is 72.9 Å². The Balaban J connectivity index is 2.14. The minimum Gasteiger partial charge on any atom is -0.493 e. The molecule has 2 aromatic rings. The van der Waals surface area contributed by atoms with E-state index in [1.165, 1.54) is 0 Å². The number of nitrogens with zero attached hydrogens (tertiary/aromatic N) is 3. The van der Waals surface area contributed by atoms with Crippen LogP contribution in [0.1, 0.15) is 18.2 Å². The van der Waals surface area contributed by atoms with E-state index in [-0.39, 0.29) is 5.84 Å². The van der Waals surface area contributed by atoms with Gasteiger partial charge in [-0.05, 0) is 31.2 Å². The number of ether oxygens (including phenoxy) is 1. The molecule has 2 rings (SSSR count). The number of nitrogens with two attached hydrogens (primary N) is 1. The fraction of sp³-hybridized carbons (Fsp3) is 0.133. The van der Waals surface area contributed by atoms with Crippen molar-refractivity contribution in [3.8, 4) is 5.75 Å². The first-order chi connectivity index (χ1) is 9.81. The molecule has 1 heterocycles. The van der Waals surface area contributed by atoms with E-state index in [4.69, 9.17) is 10.5 Å². The number of benzene rings is 1. The van der Waals surface area contributed by atoms with Crippen LogP contribution in [0.25, 0.3) is 0 Å². The second-order valence-corrected chi connectivity index (χ2v) is 3.92. The van der Waals surface area contributed by atoms with Crippen LogP contribution in [0, 0.1) is 0 Å². The van der Waals surface area contributed by atoms with Crippen LogP contribution in [0.15, 0.2) is 58.9 Å². The highest BCUT2D eigenvalue weighted by atomic mass is 16.5. The Morgan fingerprint density at radius 2 is 2.05 bits per heavy atom. The molecular weight excluding hydrogens is 252 g/mol. The third kappa shape index (κ3) is 3.65. The summed E-state index contributed by atoms with van der Waals surface area (Å²) in [5.74, 6) is 1.04. The number of rotatable bonds is 5. The van der Waals surface area contributed by atoms with Gasteiger partial charge in [-0.2, -0.15) is 5.10 Å². The van der Waals surface area contributed by atoms with Crippen LogP contribution in [-0.4, -0.2) is 23.6 Å². The Hall–Kier alpha value is -2.69. The second-order valence-electron chi connectivity index (χ2n) is 3.92. The van der Waals surface area contributed by atoms with Gasteiger partial charge >= 0.3 is 0 Å². The summed E-state index contributed by atoms with van der Waals surface area (Å²) in [6.07, 6.45) is 3.27. The van der Waals surface area contributed by atoms with E-state index < -0.39 is 0 Å². The number of hydrogen-bond donors (Lipinski definition) is 1. The molecule has 0 atom stereocenters. The molecule has 1 aromatic heterocycles. The lowest BCUT2D eigenvalue weighted by molar-refractivity contribution is 0.340. The van der Waals surface area contributed by atoms with Crippen molar-refractivity contribution in [1.29, 1.82) is 0 Å². The zero-order valence-electron chi connectivity index (χ0n) is 11.2. The van der Waals surface area contributed by atoms with Gasteiger partial charge in [-0.1, -0.05) is 18.2 Å². The van der Waals surface area contributed by atoms with Crippen LogP contribution in [0.2, 0.25) is 0 Å². The number of para-hydroxylation sites is 1. The van der Waals surface area contributed by atoms with Crippen molar-refractivity contribution >= 4 is 12.1 Å². The first-order valence-electron chi connectivity index (χ1n) is 6.31. The van der Waals surface area contributed by atoms with Gasteiger partial charge in [0, 0.05) is 11.8 Å². The molecule has 2 N–H and O–H groups in total. The van der Waals surface area contributed by atoms with Crippen LogP contribution >= 0.6 is 0 Å². The maximum absolute atomic E-state index is 5.80. The molecule has 0 fully saturated rings. The van der Waals surface area contributed by atoms with Gasteiger partial charge < -0.3 is 10.5 Å². The predicted octanol–water partition coefficient (Wildman–Crippen LogP) is 2.22. The molecule has 0 bridgehead atoms. The minimum atomic E-state index is 0.274. The van der Waals surface area contributed by atoms with Gasteiger partial charge in [0.1, 0.15) is 11.4 Å². The summed E-state index contributed by atoms with van der Waals surface area (Å²) in [7, 11) is 0. The van der Waals surface area contributed by atoms with E-state index in [1.807, 2.05) is 43.3 Å². The standard InChI is InChI=1S/C15H16N4O/c1-2-20-14-9-4-3-7-12(14)11-18-19-15(16)13-8-5-6-10-17-13/h3-11H,2H2,1H3,(H2,16,19)/b18-11+. The quantitative estimate of drug-likeness (QED) is 0.513. The highest BCUT2D eigenvalue weighted by molar-refractivity contribution is 5.96. The molecule has 0 aliphatic rings. The summed E-state index contributed by atoms with van der Waals surface area (Å²) in [6, 6.07) is 13.1. The highest BCUT2D eigenvalue weighted by Crippen LogP contribution is 2.15. The fourth-order valence-electron chi connectivity index (χ4n) is 1.59. The smallest absolute Gasteiger partial charge is 0.171 e. The maximum Gasteiger partial charge on any atom is 0.171 e. The van der Waals surface area contributed by atoms with Gasteiger partial charge in [0.15, 0.2) is 5.84 Å². The van der Waals surface area contributed by atoms with Crippen molar-refractivity contribution in [3.05, 3.63) is 59.9 Å². The molecule has 0 amide bonds. The molecule has 0 saturated heterocycles. The second kappa shape index (κ2) is 7.04. The summed E-state index contributed by atoms with van der Waals surface area (Å²) in [5, 5.41) is 7.92. The SMILES string of the molecule is CCOc1ccccc1/C=N/N=C(\N)c1ccccn1. The van der Waals surface area contributed by atoms with Gasteiger partial charge in [-0.25, -0.2) is 0 Å². The van der Waals surface area contributed by atoms with Gasteiger partial charge in [-0.3, -0.25) is 4.98 Å². The summed E-state index contributed by atoms with van der Waals surface area (Å²) in [4.78, 5) is 4.10. The number of amidine groups is 1. The molecule has 5 heteroatoms. The van der Waals surface area contributed by atoms with E-state index in [0.717, 1.165) is 11.3 Å². The number of hydrogen-bond acceptors (Lipinski definition) is 4. The lowest BCUT2D eigenvalue weighted by atomic mass is 10.2.